The number of unbranched alkanes of at least 4 members (excludes halogenated alkanes) is 6. The number of aromatic nitrogens is 3. The molecule has 0 aliphatic heterocycles. The van der Waals surface area contributed by atoms with Gasteiger partial charge in [0.1, 0.15) is 5.82 Å². The summed E-state index contributed by atoms with van der Waals surface area (Å²) in [7, 11) is -3.78. The van der Waals surface area contributed by atoms with Crippen molar-refractivity contribution in [1.82, 2.24) is 14.8 Å². The maximum Gasteiger partial charge on any atom is 0.273 e. The van der Waals surface area contributed by atoms with Gasteiger partial charge in [0.2, 0.25) is 0 Å². The maximum absolute atomic E-state index is 11.4. The lowest BCUT2D eigenvalue weighted by molar-refractivity contribution is 0.552. The first-order chi connectivity index (χ1) is 9.50. The van der Waals surface area contributed by atoms with E-state index in [1.165, 1.54) is 32.1 Å². The van der Waals surface area contributed by atoms with E-state index in [4.69, 9.17) is 5.14 Å². The van der Waals surface area contributed by atoms with Gasteiger partial charge in [-0.3, -0.25) is 0 Å². The lowest BCUT2D eigenvalue weighted by atomic mass is 10.1. The maximum atomic E-state index is 11.4. The van der Waals surface area contributed by atoms with E-state index in [0.29, 0.717) is 12.4 Å². The number of nitrogens with two attached hydrogens (primary N) is 1. The summed E-state index contributed by atoms with van der Waals surface area (Å²) in [6.07, 6.45) is 9.28. The van der Waals surface area contributed by atoms with E-state index < -0.39 is 10.0 Å². The summed E-state index contributed by atoms with van der Waals surface area (Å²) >= 11 is 0. The summed E-state index contributed by atoms with van der Waals surface area (Å²) in [5.74, 6) is 0.713. The fourth-order valence-corrected chi connectivity index (χ4v) is 2.97. The van der Waals surface area contributed by atoms with Crippen molar-refractivity contribution in [3.8, 4) is 0 Å². The Morgan fingerprint density at radius 1 is 1.00 bits per heavy atom. The van der Waals surface area contributed by atoms with Gasteiger partial charge in [0, 0.05) is 13.0 Å². The molecule has 7 heteroatoms. The van der Waals surface area contributed by atoms with E-state index in [0.717, 1.165) is 19.3 Å². The molecule has 0 aliphatic rings. The van der Waals surface area contributed by atoms with Crippen molar-refractivity contribution in [3.05, 3.63) is 5.82 Å². The third-order valence-electron chi connectivity index (χ3n) is 3.37. The molecule has 1 aromatic heterocycles. The highest BCUT2D eigenvalue weighted by atomic mass is 32.2. The molecule has 0 unspecified atom stereocenters. The van der Waals surface area contributed by atoms with E-state index in [1.54, 1.807) is 4.57 Å². The molecular formula is C13H26N4O2S. The van der Waals surface area contributed by atoms with Crippen molar-refractivity contribution in [3.63, 3.8) is 0 Å². The quantitative estimate of drug-likeness (QED) is 0.671. The summed E-state index contributed by atoms with van der Waals surface area (Å²) in [4.78, 5) is 0. The van der Waals surface area contributed by atoms with Gasteiger partial charge in [-0.1, -0.05) is 45.4 Å². The molecule has 20 heavy (non-hydrogen) atoms. The Kier molecular flexibility index (Phi) is 7.15. The van der Waals surface area contributed by atoms with Crippen molar-refractivity contribution >= 4 is 10.0 Å². The number of hydrogen-bond acceptors (Lipinski definition) is 4. The first kappa shape index (κ1) is 17.1. The van der Waals surface area contributed by atoms with Crippen LogP contribution in [0.3, 0.4) is 0 Å². The van der Waals surface area contributed by atoms with Crippen LogP contribution >= 0.6 is 0 Å². The molecule has 6 nitrogen and oxygen atoms in total. The van der Waals surface area contributed by atoms with Crippen LogP contribution in [0, 0.1) is 0 Å². The highest BCUT2D eigenvalue weighted by Gasteiger charge is 2.19. The smallest absolute Gasteiger partial charge is 0.273 e. The minimum atomic E-state index is -3.78. The molecule has 0 bridgehead atoms. The Balaban J connectivity index is 2.43. The second-order valence-corrected chi connectivity index (χ2v) is 6.51. The number of primary sulfonamides is 1. The Labute approximate surface area is 121 Å². The average Bonchev–Trinajstić information content (AvgIpc) is 2.80. The Hall–Kier alpha value is -0.950. The van der Waals surface area contributed by atoms with Crippen molar-refractivity contribution in [2.24, 2.45) is 5.14 Å². The van der Waals surface area contributed by atoms with E-state index in [-0.39, 0.29) is 5.16 Å². The minimum Gasteiger partial charge on any atom is -0.301 e. The molecule has 1 heterocycles. The summed E-state index contributed by atoms with van der Waals surface area (Å²) in [6, 6.07) is 0. The molecule has 0 spiro atoms. The monoisotopic (exact) mass is 302 g/mol. The van der Waals surface area contributed by atoms with Crippen LogP contribution in [0.4, 0.5) is 0 Å². The molecule has 0 amide bonds. The van der Waals surface area contributed by atoms with Gasteiger partial charge in [0.25, 0.3) is 15.2 Å². The number of aryl methyl sites for hydroxylation is 1. The molecule has 0 aliphatic carbocycles. The first-order valence-corrected chi connectivity index (χ1v) is 9.00. The van der Waals surface area contributed by atoms with Crippen LogP contribution in [0.2, 0.25) is 0 Å². The topological polar surface area (TPSA) is 90.9 Å². The molecule has 0 atom stereocenters. The van der Waals surface area contributed by atoms with Gasteiger partial charge in [-0.05, 0) is 13.3 Å². The fourth-order valence-electron chi connectivity index (χ4n) is 2.27. The second-order valence-electron chi connectivity index (χ2n) is 5.06. The summed E-state index contributed by atoms with van der Waals surface area (Å²) in [6.45, 7) is 4.59. The van der Waals surface area contributed by atoms with Crippen LogP contribution in [-0.4, -0.2) is 23.2 Å². The molecule has 0 saturated heterocycles. The highest BCUT2D eigenvalue weighted by Crippen LogP contribution is 2.12. The van der Waals surface area contributed by atoms with Gasteiger partial charge in [-0.15, -0.1) is 10.2 Å². The standard InChI is InChI=1S/C13H26N4O2S/c1-3-5-6-7-8-9-10-11-12-15-16-13(17(12)4-2)20(14,18)19/h3-11H2,1-2H3,(H2,14,18,19). The highest BCUT2D eigenvalue weighted by molar-refractivity contribution is 7.89. The normalized spacial score (nSPS) is 11.9. The molecule has 0 radical (unpaired) electrons. The van der Waals surface area contributed by atoms with Crippen molar-refractivity contribution in [1.29, 1.82) is 0 Å². The van der Waals surface area contributed by atoms with Gasteiger partial charge in [-0.2, -0.15) is 0 Å². The first-order valence-electron chi connectivity index (χ1n) is 7.45. The van der Waals surface area contributed by atoms with Gasteiger partial charge in [-0.25, -0.2) is 13.6 Å². The molecular weight excluding hydrogens is 276 g/mol. The third-order valence-corrected chi connectivity index (χ3v) is 4.18. The third kappa shape index (κ3) is 5.20. The predicted molar refractivity (Wildman–Crippen MR) is 78.8 cm³/mol. The van der Waals surface area contributed by atoms with Gasteiger partial charge < -0.3 is 4.57 Å². The molecule has 1 rings (SSSR count). The van der Waals surface area contributed by atoms with Crippen molar-refractivity contribution in [2.45, 2.75) is 76.9 Å². The van der Waals surface area contributed by atoms with E-state index in [9.17, 15) is 8.42 Å². The Morgan fingerprint density at radius 2 is 1.60 bits per heavy atom. The van der Waals surface area contributed by atoms with E-state index in [2.05, 4.69) is 17.1 Å². The summed E-state index contributed by atoms with van der Waals surface area (Å²) in [5, 5.41) is 12.6. The van der Waals surface area contributed by atoms with Gasteiger partial charge >= 0.3 is 0 Å². The zero-order valence-corrected chi connectivity index (χ0v) is 13.3. The average molecular weight is 302 g/mol. The second kappa shape index (κ2) is 8.36. The molecule has 0 saturated carbocycles. The minimum absolute atomic E-state index is 0.127. The SMILES string of the molecule is CCCCCCCCCc1nnc(S(N)(=O)=O)n1CC. The largest absolute Gasteiger partial charge is 0.301 e. The van der Waals surface area contributed by atoms with Gasteiger partial charge in [0.05, 0.1) is 0 Å². The zero-order valence-electron chi connectivity index (χ0n) is 12.5. The predicted octanol–water partition coefficient (Wildman–Crippen LogP) is 2.24. The number of hydrogen-bond donors (Lipinski definition) is 1. The molecule has 1 aromatic rings. The molecule has 2 N–H and O–H groups in total. The van der Waals surface area contributed by atoms with Crippen LogP contribution in [0.5, 0.6) is 0 Å². The summed E-state index contributed by atoms with van der Waals surface area (Å²) in [5.41, 5.74) is 0. The van der Waals surface area contributed by atoms with Gasteiger partial charge in [0.15, 0.2) is 0 Å². The van der Waals surface area contributed by atoms with Crippen molar-refractivity contribution in [2.75, 3.05) is 0 Å². The van der Waals surface area contributed by atoms with Crippen LogP contribution in [0.25, 0.3) is 0 Å². The lowest BCUT2D eigenvalue weighted by Gasteiger charge is -2.06. The molecule has 0 aromatic carbocycles. The van der Waals surface area contributed by atoms with Crippen LogP contribution in [0.15, 0.2) is 5.16 Å². The summed E-state index contributed by atoms with van der Waals surface area (Å²) < 4.78 is 24.3. The number of sulfonamides is 1. The van der Waals surface area contributed by atoms with E-state index >= 15 is 0 Å². The molecule has 0 fully saturated rings. The Morgan fingerprint density at radius 3 is 2.15 bits per heavy atom. The number of rotatable bonds is 10. The fraction of sp³-hybridized carbons (Fsp3) is 0.846. The van der Waals surface area contributed by atoms with Crippen LogP contribution in [0.1, 0.15) is 64.6 Å². The zero-order chi connectivity index (χ0) is 15.0. The Bertz CT molecular complexity index is 496. The number of nitrogens with zero attached hydrogens (tertiary/aromatic N) is 3. The lowest BCUT2D eigenvalue weighted by Crippen LogP contribution is -2.19. The van der Waals surface area contributed by atoms with Crippen LogP contribution in [-0.2, 0) is 23.0 Å². The van der Waals surface area contributed by atoms with E-state index in [1.807, 2.05) is 6.92 Å². The van der Waals surface area contributed by atoms with Crippen LogP contribution < -0.4 is 5.14 Å². The van der Waals surface area contributed by atoms with Crippen molar-refractivity contribution < 1.29 is 8.42 Å². The molecule has 116 valence electrons.